The Kier molecular flexibility index (Phi) is 4.89. The van der Waals surface area contributed by atoms with Gasteiger partial charge >= 0.3 is 0 Å². The van der Waals surface area contributed by atoms with Gasteiger partial charge in [-0.1, -0.05) is 5.16 Å². The van der Waals surface area contributed by atoms with Crippen LogP contribution in [0.5, 0.6) is 5.88 Å². The van der Waals surface area contributed by atoms with E-state index in [-0.39, 0.29) is 0 Å². The Morgan fingerprint density at radius 1 is 1.43 bits per heavy atom. The molecule has 3 rings (SSSR count). The average molecular weight is 312 g/mol. The van der Waals surface area contributed by atoms with E-state index in [1.807, 2.05) is 13.0 Å². The molecule has 0 amide bonds. The summed E-state index contributed by atoms with van der Waals surface area (Å²) < 4.78 is 11.0. The molecule has 1 aliphatic heterocycles. The second-order valence-electron chi connectivity index (χ2n) is 5.93. The lowest BCUT2D eigenvalue weighted by molar-refractivity contribution is 0.126. The molecular weight excluding hydrogens is 292 g/mol. The van der Waals surface area contributed by atoms with Crippen LogP contribution in [0.25, 0.3) is 0 Å². The number of nitriles is 1. The summed E-state index contributed by atoms with van der Waals surface area (Å²) in [4.78, 5) is 6.51. The first-order valence-electron chi connectivity index (χ1n) is 7.87. The van der Waals surface area contributed by atoms with Crippen molar-refractivity contribution in [2.75, 3.05) is 19.7 Å². The lowest BCUT2D eigenvalue weighted by Crippen LogP contribution is -2.35. The predicted octanol–water partition coefficient (Wildman–Crippen LogP) is 2.54. The number of piperidine rings is 1. The maximum absolute atomic E-state index is 9.04. The van der Waals surface area contributed by atoms with Crippen LogP contribution in [0.15, 0.2) is 28.9 Å². The van der Waals surface area contributed by atoms with Crippen LogP contribution in [0.1, 0.15) is 29.9 Å². The molecule has 2 aromatic heterocycles. The van der Waals surface area contributed by atoms with Gasteiger partial charge in [-0.15, -0.1) is 0 Å². The van der Waals surface area contributed by atoms with Gasteiger partial charge in [0.05, 0.1) is 18.8 Å². The van der Waals surface area contributed by atoms with E-state index in [1.54, 1.807) is 18.3 Å². The van der Waals surface area contributed by atoms with E-state index in [9.17, 15) is 0 Å². The number of hydrogen-bond donors (Lipinski definition) is 0. The van der Waals surface area contributed by atoms with Crippen LogP contribution in [0.4, 0.5) is 0 Å². The number of likely N-dealkylation sites (tertiary alicyclic amines) is 1. The van der Waals surface area contributed by atoms with E-state index in [1.165, 1.54) is 0 Å². The first-order valence-corrected chi connectivity index (χ1v) is 7.87. The minimum atomic E-state index is 0.439. The third-order valence-electron chi connectivity index (χ3n) is 4.11. The average Bonchev–Trinajstić information content (AvgIpc) is 2.99. The first kappa shape index (κ1) is 15.5. The highest BCUT2D eigenvalue weighted by Gasteiger charge is 2.21. The smallest absolute Gasteiger partial charge is 0.231 e. The van der Waals surface area contributed by atoms with Crippen LogP contribution < -0.4 is 4.74 Å². The summed E-state index contributed by atoms with van der Waals surface area (Å²) in [5.41, 5.74) is 1.41. The molecular formula is C17H20N4O2. The van der Waals surface area contributed by atoms with Crippen molar-refractivity contribution in [2.24, 2.45) is 5.92 Å². The Morgan fingerprint density at radius 2 is 2.26 bits per heavy atom. The molecule has 120 valence electrons. The molecule has 0 aliphatic carbocycles. The lowest BCUT2D eigenvalue weighted by Gasteiger charge is -2.30. The van der Waals surface area contributed by atoms with Gasteiger partial charge in [-0.2, -0.15) is 5.26 Å². The first-order chi connectivity index (χ1) is 11.2. The Hall–Kier alpha value is -2.39. The standard InChI is InChI=1S/C17H20N4O2/c1-13-9-16(23-20-13)11-21-7-4-14(5-8-21)12-22-17-15(10-18)3-2-6-19-17/h2-3,6,9,14H,4-5,7-8,11-12H2,1H3. The molecule has 0 spiro atoms. The summed E-state index contributed by atoms with van der Waals surface area (Å²) in [6.45, 7) is 5.39. The zero-order chi connectivity index (χ0) is 16.1. The third-order valence-corrected chi connectivity index (χ3v) is 4.11. The maximum Gasteiger partial charge on any atom is 0.231 e. The Bertz CT molecular complexity index is 684. The van der Waals surface area contributed by atoms with Gasteiger partial charge in [0.25, 0.3) is 0 Å². The van der Waals surface area contributed by atoms with Gasteiger partial charge in [0.15, 0.2) is 5.76 Å². The van der Waals surface area contributed by atoms with Crippen molar-refractivity contribution >= 4 is 0 Å². The van der Waals surface area contributed by atoms with E-state index >= 15 is 0 Å². The highest BCUT2D eigenvalue weighted by atomic mass is 16.5. The Labute approximate surface area is 135 Å². The van der Waals surface area contributed by atoms with Crippen LogP contribution >= 0.6 is 0 Å². The number of rotatable bonds is 5. The molecule has 23 heavy (non-hydrogen) atoms. The summed E-state index contributed by atoms with van der Waals surface area (Å²) in [6, 6.07) is 7.57. The van der Waals surface area contributed by atoms with Gasteiger partial charge in [0.1, 0.15) is 11.6 Å². The van der Waals surface area contributed by atoms with Crippen molar-refractivity contribution in [3.8, 4) is 11.9 Å². The van der Waals surface area contributed by atoms with E-state index < -0.39 is 0 Å². The number of hydrogen-bond acceptors (Lipinski definition) is 6. The molecule has 0 bridgehead atoms. The number of nitrogens with zero attached hydrogens (tertiary/aromatic N) is 4. The van der Waals surface area contributed by atoms with Crippen molar-refractivity contribution in [3.05, 3.63) is 41.4 Å². The second kappa shape index (κ2) is 7.25. The van der Waals surface area contributed by atoms with Crippen LogP contribution in [0.2, 0.25) is 0 Å². The molecule has 6 heteroatoms. The molecule has 0 atom stereocenters. The van der Waals surface area contributed by atoms with Crippen LogP contribution in [0.3, 0.4) is 0 Å². The summed E-state index contributed by atoms with van der Waals surface area (Å²) in [5, 5.41) is 13.0. The van der Waals surface area contributed by atoms with Crippen LogP contribution in [-0.2, 0) is 6.54 Å². The number of aromatic nitrogens is 2. The van der Waals surface area contributed by atoms with Gasteiger partial charge in [-0.05, 0) is 50.9 Å². The molecule has 0 aromatic carbocycles. The molecule has 0 radical (unpaired) electrons. The minimum absolute atomic E-state index is 0.439. The highest BCUT2D eigenvalue weighted by molar-refractivity contribution is 5.36. The number of ether oxygens (including phenoxy) is 1. The third kappa shape index (κ3) is 4.08. The Balaban J connectivity index is 1.45. The maximum atomic E-state index is 9.04. The van der Waals surface area contributed by atoms with Crippen molar-refractivity contribution in [3.63, 3.8) is 0 Å². The molecule has 6 nitrogen and oxygen atoms in total. The van der Waals surface area contributed by atoms with Gasteiger partial charge in [-0.25, -0.2) is 4.98 Å². The molecule has 2 aromatic rings. The van der Waals surface area contributed by atoms with Crippen molar-refractivity contribution in [2.45, 2.75) is 26.3 Å². The molecule has 0 N–H and O–H groups in total. The highest BCUT2D eigenvalue weighted by Crippen LogP contribution is 2.21. The van der Waals surface area contributed by atoms with Crippen LogP contribution in [-0.4, -0.2) is 34.7 Å². The van der Waals surface area contributed by atoms with Gasteiger partial charge in [-0.3, -0.25) is 4.90 Å². The molecule has 0 unspecified atom stereocenters. The summed E-state index contributed by atoms with van der Waals surface area (Å²) in [5.74, 6) is 1.86. The Morgan fingerprint density at radius 3 is 2.96 bits per heavy atom. The quantitative estimate of drug-likeness (QED) is 0.844. The van der Waals surface area contributed by atoms with Crippen LogP contribution in [0, 0.1) is 24.2 Å². The topological polar surface area (TPSA) is 75.2 Å². The van der Waals surface area contributed by atoms with Gasteiger partial charge < -0.3 is 9.26 Å². The van der Waals surface area contributed by atoms with Crippen molar-refractivity contribution in [1.82, 2.24) is 15.0 Å². The summed E-state index contributed by atoms with van der Waals surface area (Å²) in [7, 11) is 0. The lowest BCUT2D eigenvalue weighted by atomic mass is 9.98. The van der Waals surface area contributed by atoms with E-state index in [4.69, 9.17) is 14.5 Å². The van der Waals surface area contributed by atoms with E-state index in [0.29, 0.717) is 24.0 Å². The summed E-state index contributed by atoms with van der Waals surface area (Å²) >= 11 is 0. The SMILES string of the molecule is Cc1cc(CN2CCC(COc3ncccc3C#N)CC2)on1. The molecule has 1 fully saturated rings. The monoisotopic (exact) mass is 312 g/mol. The largest absolute Gasteiger partial charge is 0.476 e. The fourth-order valence-electron chi connectivity index (χ4n) is 2.81. The zero-order valence-corrected chi connectivity index (χ0v) is 13.2. The zero-order valence-electron chi connectivity index (χ0n) is 13.2. The number of aryl methyl sites for hydroxylation is 1. The second-order valence-corrected chi connectivity index (χ2v) is 5.93. The normalized spacial score (nSPS) is 16.2. The predicted molar refractivity (Wildman–Crippen MR) is 83.7 cm³/mol. The minimum Gasteiger partial charge on any atom is -0.476 e. The fourth-order valence-corrected chi connectivity index (χ4v) is 2.81. The fraction of sp³-hybridized carbons (Fsp3) is 0.471. The molecule has 3 heterocycles. The molecule has 1 aliphatic rings. The van der Waals surface area contributed by atoms with Crippen molar-refractivity contribution in [1.29, 1.82) is 5.26 Å². The van der Waals surface area contributed by atoms with E-state index in [2.05, 4.69) is 21.1 Å². The molecule has 1 saturated heterocycles. The molecule has 0 saturated carbocycles. The van der Waals surface area contributed by atoms with E-state index in [0.717, 1.165) is 43.9 Å². The van der Waals surface area contributed by atoms with Gasteiger partial charge in [0, 0.05) is 12.3 Å². The van der Waals surface area contributed by atoms with Crippen molar-refractivity contribution < 1.29 is 9.26 Å². The summed E-state index contributed by atoms with van der Waals surface area (Å²) in [6.07, 6.45) is 3.79. The number of pyridine rings is 1. The van der Waals surface area contributed by atoms with Gasteiger partial charge in [0.2, 0.25) is 5.88 Å².